The van der Waals surface area contributed by atoms with Gasteiger partial charge in [0.25, 0.3) is 5.91 Å². The van der Waals surface area contributed by atoms with Crippen molar-refractivity contribution in [1.29, 1.82) is 0 Å². The lowest BCUT2D eigenvalue weighted by molar-refractivity contribution is -0.0778. The van der Waals surface area contributed by atoms with Crippen LogP contribution in [0.4, 0.5) is 0 Å². The standard InChI is InChI=1S/C15H23N3O2/c1-11(18-9-12(2)20-13(3)10-18)8-17-15(19)14-4-6-16-7-5-14/h4-7,11-13H,8-10H2,1-3H3,(H,17,19)/t11-,12-,13-/m1/s1. The third-order valence-electron chi connectivity index (χ3n) is 3.57. The number of hydrogen-bond donors (Lipinski definition) is 1. The molecule has 1 aliphatic rings. The minimum atomic E-state index is -0.0476. The van der Waals surface area contributed by atoms with Gasteiger partial charge in [-0.2, -0.15) is 0 Å². The lowest BCUT2D eigenvalue weighted by Crippen LogP contribution is -2.52. The highest BCUT2D eigenvalue weighted by atomic mass is 16.5. The highest BCUT2D eigenvalue weighted by Crippen LogP contribution is 2.13. The number of nitrogens with zero attached hydrogens (tertiary/aromatic N) is 2. The summed E-state index contributed by atoms with van der Waals surface area (Å²) in [6.07, 6.45) is 3.75. The van der Waals surface area contributed by atoms with E-state index in [9.17, 15) is 4.79 Å². The molecule has 0 saturated carbocycles. The molecule has 110 valence electrons. The molecule has 0 radical (unpaired) electrons. The molecule has 0 spiro atoms. The summed E-state index contributed by atoms with van der Waals surface area (Å²) in [5.74, 6) is -0.0476. The summed E-state index contributed by atoms with van der Waals surface area (Å²) < 4.78 is 5.73. The van der Waals surface area contributed by atoms with Crippen LogP contribution in [-0.4, -0.2) is 53.7 Å². The number of aromatic nitrogens is 1. The second-order valence-electron chi connectivity index (χ2n) is 5.51. The third-order valence-corrected chi connectivity index (χ3v) is 3.57. The molecule has 0 unspecified atom stereocenters. The van der Waals surface area contributed by atoms with Crippen LogP contribution >= 0.6 is 0 Å². The van der Waals surface area contributed by atoms with Crippen molar-refractivity contribution in [1.82, 2.24) is 15.2 Å². The fourth-order valence-corrected chi connectivity index (χ4v) is 2.55. The van der Waals surface area contributed by atoms with Gasteiger partial charge >= 0.3 is 0 Å². The lowest BCUT2D eigenvalue weighted by atomic mass is 10.1. The Morgan fingerprint density at radius 2 is 2.00 bits per heavy atom. The Hall–Kier alpha value is -1.46. The summed E-state index contributed by atoms with van der Waals surface area (Å²) in [5.41, 5.74) is 0.649. The zero-order valence-electron chi connectivity index (χ0n) is 12.4. The van der Waals surface area contributed by atoms with E-state index in [4.69, 9.17) is 4.74 Å². The molecule has 1 aliphatic heterocycles. The van der Waals surface area contributed by atoms with Crippen LogP contribution in [0, 0.1) is 0 Å². The molecule has 0 bridgehead atoms. The molecule has 1 N–H and O–H groups in total. The molecule has 3 atom stereocenters. The summed E-state index contributed by atoms with van der Waals surface area (Å²) in [7, 11) is 0. The van der Waals surface area contributed by atoms with Crippen molar-refractivity contribution in [2.45, 2.75) is 39.0 Å². The van der Waals surface area contributed by atoms with Crippen molar-refractivity contribution >= 4 is 5.91 Å². The van der Waals surface area contributed by atoms with E-state index in [-0.39, 0.29) is 18.1 Å². The monoisotopic (exact) mass is 277 g/mol. The van der Waals surface area contributed by atoms with E-state index in [0.717, 1.165) is 13.1 Å². The van der Waals surface area contributed by atoms with Crippen LogP contribution in [0.5, 0.6) is 0 Å². The Labute approximate surface area is 120 Å². The number of carbonyl (C=O) groups excluding carboxylic acids is 1. The van der Waals surface area contributed by atoms with Crippen molar-refractivity contribution in [2.24, 2.45) is 0 Å². The molecule has 20 heavy (non-hydrogen) atoms. The Morgan fingerprint density at radius 1 is 1.40 bits per heavy atom. The van der Waals surface area contributed by atoms with Crippen LogP contribution in [0.1, 0.15) is 31.1 Å². The smallest absolute Gasteiger partial charge is 0.251 e. The molecule has 1 aromatic rings. The van der Waals surface area contributed by atoms with Gasteiger partial charge in [-0.15, -0.1) is 0 Å². The van der Waals surface area contributed by atoms with E-state index >= 15 is 0 Å². The molecule has 1 fully saturated rings. The second kappa shape index (κ2) is 6.81. The van der Waals surface area contributed by atoms with Crippen molar-refractivity contribution in [3.8, 4) is 0 Å². The van der Waals surface area contributed by atoms with Gasteiger partial charge in [-0.25, -0.2) is 0 Å². The van der Waals surface area contributed by atoms with E-state index in [1.54, 1.807) is 24.5 Å². The molecule has 1 amide bonds. The minimum Gasteiger partial charge on any atom is -0.373 e. The number of pyridine rings is 1. The van der Waals surface area contributed by atoms with Crippen LogP contribution in [0.25, 0.3) is 0 Å². The summed E-state index contributed by atoms with van der Waals surface area (Å²) in [4.78, 5) is 18.3. The van der Waals surface area contributed by atoms with Gasteiger partial charge in [-0.1, -0.05) is 0 Å². The molecule has 5 heteroatoms. The Kier molecular flexibility index (Phi) is 5.09. The molecular weight excluding hydrogens is 254 g/mol. The van der Waals surface area contributed by atoms with Gasteiger partial charge in [0.1, 0.15) is 0 Å². The fourth-order valence-electron chi connectivity index (χ4n) is 2.55. The van der Waals surface area contributed by atoms with Gasteiger partial charge in [0.2, 0.25) is 0 Å². The summed E-state index contributed by atoms with van der Waals surface area (Å²) >= 11 is 0. The lowest BCUT2D eigenvalue weighted by Gasteiger charge is -2.39. The third kappa shape index (κ3) is 4.02. The minimum absolute atomic E-state index is 0.0476. The molecule has 2 rings (SSSR count). The molecule has 5 nitrogen and oxygen atoms in total. The number of morpholine rings is 1. The van der Waals surface area contributed by atoms with E-state index < -0.39 is 0 Å². The zero-order valence-corrected chi connectivity index (χ0v) is 12.4. The Morgan fingerprint density at radius 3 is 2.60 bits per heavy atom. The van der Waals surface area contributed by atoms with E-state index in [0.29, 0.717) is 18.2 Å². The molecular formula is C15H23N3O2. The summed E-state index contributed by atoms with van der Waals surface area (Å²) in [6, 6.07) is 3.74. The van der Waals surface area contributed by atoms with Crippen molar-refractivity contribution in [2.75, 3.05) is 19.6 Å². The maximum atomic E-state index is 12.0. The van der Waals surface area contributed by atoms with Crippen LogP contribution in [-0.2, 0) is 4.74 Å². The quantitative estimate of drug-likeness (QED) is 0.901. The first kappa shape index (κ1) is 14.9. The predicted molar refractivity (Wildman–Crippen MR) is 77.6 cm³/mol. The van der Waals surface area contributed by atoms with Crippen LogP contribution in [0.2, 0.25) is 0 Å². The average molecular weight is 277 g/mol. The first-order valence-corrected chi connectivity index (χ1v) is 7.14. The number of carbonyl (C=O) groups is 1. The number of amides is 1. The predicted octanol–water partition coefficient (Wildman–Crippen LogP) is 1.31. The second-order valence-corrected chi connectivity index (χ2v) is 5.51. The first-order valence-electron chi connectivity index (χ1n) is 7.14. The SMILES string of the molecule is C[C@@H]1CN([C@H](C)CNC(=O)c2ccncc2)C[C@@H](C)O1. The van der Waals surface area contributed by atoms with Gasteiger partial charge in [0, 0.05) is 43.6 Å². The largest absolute Gasteiger partial charge is 0.373 e. The van der Waals surface area contributed by atoms with Gasteiger partial charge in [-0.3, -0.25) is 14.7 Å². The number of hydrogen-bond acceptors (Lipinski definition) is 4. The highest BCUT2D eigenvalue weighted by molar-refractivity contribution is 5.93. The van der Waals surface area contributed by atoms with E-state index in [1.807, 2.05) is 0 Å². The molecule has 1 aromatic heterocycles. The normalized spacial score (nSPS) is 25.1. The van der Waals surface area contributed by atoms with E-state index in [2.05, 4.69) is 36.0 Å². The van der Waals surface area contributed by atoms with Crippen LogP contribution < -0.4 is 5.32 Å². The summed E-state index contributed by atoms with van der Waals surface area (Å²) in [5, 5.41) is 2.98. The van der Waals surface area contributed by atoms with Crippen molar-refractivity contribution in [3.05, 3.63) is 30.1 Å². The average Bonchev–Trinajstić information content (AvgIpc) is 2.44. The number of nitrogens with one attached hydrogen (secondary N) is 1. The van der Waals surface area contributed by atoms with Gasteiger partial charge < -0.3 is 10.1 Å². The topological polar surface area (TPSA) is 54.5 Å². The van der Waals surface area contributed by atoms with Gasteiger partial charge in [-0.05, 0) is 32.9 Å². The molecule has 0 aliphatic carbocycles. The highest BCUT2D eigenvalue weighted by Gasteiger charge is 2.25. The summed E-state index contributed by atoms with van der Waals surface area (Å²) in [6.45, 7) is 8.78. The van der Waals surface area contributed by atoms with Crippen LogP contribution in [0.15, 0.2) is 24.5 Å². The van der Waals surface area contributed by atoms with Crippen molar-refractivity contribution < 1.29 is 9.53 Å². The van der Waals surface area contributed by atoms with Gasteiger partial charge in [0.05, 0.1) is 12.2 Å². The fraction of sp³-hybridized carbons (Fsp3) is 0.600. The van der Waals surface area contributed by atoms with Crippen LogP contribution in [0.3, 0.4) is 0 Å². The first-order chi connectivity index (χ1) is 9.56. The Balaban J connectivity index is 1.83. The molecule has 2 heterocycles. The maximum Gasteiger partial charge on any atom is 0.251 e. The number of ether oxygens (including phenoxy) is 1. The molecule has 1 saturated heterocycles. The number of rotatable bonds is 4. The molecule has 0 aromatic carbocycles. The van der Waals surface area contributed by atoms with Gasteiger partial charge in [0.15, 0.2) is 0 Å². The van der Waals surface area contributed by atoms with E-state index in [1.165, 1.54) is 0 Å². The zero-order chi connectivity index (χ0) is 14.5. The van der Waals surface area contributed by atoms with Crippen molar-refractivity contribution in [3.63, 3.8) is 0 Å². The Bertz CT molecular complexity index is 428. The maximum absolute atomic E-state index is 12.0.